The molecule has 0 spiro atoms. The summed E-state index contributed by atoms with van der Waals surface area (Å²) in [6.07, 6.45) is 2.03. The van der Waals surface area contributed by atoms with Crippen molar-refractivity contribution in [3.63, 3.8) is 0 Å². The van der Waals surface area contributed by atoms with Crippen molar-refractivity contribution in [2.24, 2.45) is 0 Å². The van der Waals surface area contributed by atoms with Crippen LogP contribution in [0.25, 0.3) is 10.9 Å². The Balaban J connectivity index is 1.79. The van der Waals surface area contributed by atoms with Crippen LogP contribution in [0, 0.1) is 0 Å². The molecular formula is C23H25N3O3S. The lowest BCUT2D eigenvalue weighted by Crippen LogP contribution is -2.32. The predicted molar refractivity (Wildman–Crippen MR) is 119 cm³/mol. The van der Waals surface area contributed by atoms with Gasteiger partial charge in [0.25, 0.3) is 5.56 Å². The van der Waals surface area contributed by atoms with Gasteiger partial charge in [-0.25, -0.2) is 4.98 Å². The Kier molecular flexibility index (Phi) is 6.20. The predicted octanol–water partition coefficient (Wildman–Crippen LogP) is 3.72. The molecule has 156 valence electrons. The highest BCUT2D eigenvalue weighted by atomic mass is 32.2. The lowest BCUT2D eigenvalue weighted by molar-refractivity contribution is -0.120. The van der Waals surface area contributed by atoms with Gasteiger partial charge in [0.15, 0.2) is 5.16 Å². The maximum Gasteiger partial charge on any atom is 0.262 e. The average Bonchev–Trinajstić information content (AvgIpc) is 3.57. The Labute approximate surface area is 179 Å². The Morgan fingerprint density at radius 3 is 2.60 bits per heavy atom. The first-order valence-corrected chi connectivity index (χ1v) is 11.0. The molecule has 1 amide bonds. The lowest BCUT2D eigenvalue weighted by atomic mass is 10.1. The summed E-state index contributed by atoms with van der Waals surface area (Å²) in [5.74, 6) is -0.0537. The molecule has 1 heterocycles. The number of para-hydroxylation sites is 1. The molecule has 1 fully saturated rings. The number of thioether (sulfide) groups is 1. The van der Waals surface area contributed by atoms with Gasteiger partial charge in [0, 0.05) is 13.2 Å². The second kappa shape index (κ2) is 9.02. The van der Waals surface area contributed by atoms with Gasteiger partial charge in [-0.15, -0.1) is 0 Å². The van der Waals surface area contributed by atoms with E-state index in [4.69, 9.17) is 9.72 Å². The molecule has 1 aromatic heterocycles. The molecule has 1 N–H and O–H groups in total. The average molecular weight is 424 g/mol. The largest absolute Gasteiger partial charge is 0.383 e. The van der Waals surface area contributed by atoms with Gasteiger partial charge in [0.05, 0.1) is 23.6 Å². The first-order chi connectivity index (χ1) is 14.6. The summed E-state index contributed by atoms with van der Waals surface area (Å²) in [7, 11) is 1.61. The smallest absolute Gasteiger partial charge is 0.262 e. The van der Waals surface area contributed by atoms with Crippen molar-refractivity contribution in [2.45, 2.75) is 42.3 Å². The summed E-state index contributed by atoms with van der Waals surface area (Å²) >= 11 is 1.31. The number of hydrogen-bond acceptors (Lipinski definition) is 5. The quantitative estimate of drug-likeness (QED) is 0.442. The Morgan fingerprint density at radius 1 is 1.20 bits per heavy atom. The van der Waals surface area contributed by atoms with E-state index in [9.17, 15) is 9.59 Å². The van der Waals surface area contributed by atoms with E-state index >= 15 is 0 Å². The number of benzene rings is 2. The van der Waals surface area contributed by atoms with Crippen molar-refractivity contribution in [1.29, 1.82) is 0 Å². The van der Waals surface area contributed by atoms with Gasteiger partial charge < -0.3 is 10.1 Å². The number of methoxy groups -OCH3 is 1. The van der Waals surface area contributed by atoms with Gasteiger partial charge in [-0.05, 0) is 37.5 Å². The normalized spacial score (nSPS) is 15.7. The van der Waals surface area contributed by atoms with Gasteiger partial charge in [-0.3, -0.25) is 14.2 Å². The summed E-state index contributed by atoms with van der Waals surface area (Å²) < 4.78 is 6.95. The fourth-order valence-corrected chi connectivity index (χ4v) is 4.63. The van der Waals surface area contributed by atoms with Crippen LogP contribution in [0.1, 0.15) is 36.6 Å². The molecule has 2 aromatic carbocycles. The highest BCUT2D eigenvalue weighted by Gasteiger charge is 2.31. The third kappa shape index (κ3) is 4.42. The first kappa shape index (κ1) is 20.6. The molecule has 0 saturated heterocycles. The molecule has 30 heavy (non-hydrogen) atoms. The van der Waals surface area contributed by atoms with Crippen molar-refractivity contribution in [1.82, 2.24) is 14.9 Å². The van der Waals surface area contributed by atoms with Crippen LogP contribution in [0.4, 0.5) is 0 Å². The van der Waals surface area contributed by atoms with E-state index in [0.29, 0.717) is 22.7 Å². The summed E-state index contributed by atoms with van der Waals surface area (Å²) in [4.78, 5) is 31.1. The molecule has 0 bridgehead atoms. The molecule has 3 aromatic rings. The van der Waals surface area contributed by atoms with Crippen molar-refractivity contribution in [3.8, 4) is 0 Å². The Bertz CT molecular complexity index is 1100. The Morgan fingerprint density at radius 2 is 1.90 bits per heavy atom. The van der Waals surface area contributed by atoms with Crippen LogP contribution in [0.15, 0.2) is 64.5 Å². The summed E-state index contributed by atoms with van der Waals surface area (Å²) in [5, 5.41) is 3.67. The minimum Gasteiger partial charge on any atom is -0.383 e. The molecular weight excluding hydrogens is 398 g/mol. The SMILES string of the molecule is COC[C@@H](C)n1c(S[C@@H](C(=O)NC2CC2)c2ccccc2)nc2ccccc2c1=O. The Hall–Kier alpha value is -2.64. The second-order valence-corrected chi connectivity index (χ2v) is 8.65. The van der Waals surface area contributed by atoms with Crippen LogP contribution in [-0.4, -0.2) is 35.2 Å². The third-order valence-electron chi connectivity index (χ3n) is 5.11. The van der Waals surface area contributed by atoms with Gasteiger partial charge >= 0.3 is 0 Å². The molecule has 2 atom stereocenters. The fraction of sp³-hybridized carbons (Fsp3) is 0.348. The number of fused-ring (bicyclic) bond motifs is 1. The molecule has 1 aliphatic carbocycles. The molecule has 7 heteroatoms. The third-order valence-corrected chi connectivity index (χ3v) is 6.33. The van der Waals surface area contributed by atoms with E-state index in [1.54, 1.807) is 17.7 Å². The standard InChI is InChI=1S/C23H25N3O3S/c1-15(14-29-2)26-22(28)18-10-6-7-11-19(18)25-23(26)30-20(16-8-4-3-5-9-16)21(27)24-17-12-13-17/h3-11,15,17,20H,12-14H2,1-2H3,(H,24,27)/t15-,20-/m1/s1. The molecule has 0 radical (unpaired) electrons. The number of nitrogens with zero attached hydrogens (tertiary/aromatic N) is 2. The number of ether oxygens (including phenoxy) is 1. The van der Waals surface area contributed by atoms with Crippen LogP contribution in [-0.2, 0) is 9.53 Å². The van der Waals surface area contributed by atoms with E-state index in [-0.39, 0.29) is 23.6 Å². The van der Waals surface area contributed by atoms with Crippen LogP contribution in [0.5, 0.6) is 0 Å². The van der Waals surface area contributed by atoms with E-state index in [1.807, 2.05) is 55.5 Å². The number of aromatic nitrogens is 2. The zero-order valence-corrected chi connectivity index (χ0v) is 17.9. The van der Waals surface area contributed by atoms with E-state index in [0.717, 1.165) is 18.4 Å². The number of hydrogen-bond donors (Lipinski definition) is 1. The van der Waals surface area contributed by atoms with Gasteiger partial charge in [0.2, 0.25) is 5.91 Å². The van der Waals surface area contributed by atoms with Crippen molar-refractivity contribution < 1.29 is 9.53 Å². The summed E-state index contributed by atoms with van der Waals surface area (Å²) in [6, 6.07) is 17.0. The monoisotopic (exact) mass is 423 g/mol. The first-order valence-electron chi connectivity index (χ1n) is 10.1. The van der Waals surface area contributed by atoms with Crippen molar-refractivity contribution >= 4 is 28.6 Å². The molecule has 1 saturated carbocycles. The lowest BCUT2D eigenvalue weighted by Gasteiger charge is -2.22. The van der Waals surface area contributed by atoms with Gasteiger partial charge in [-0.2, -0.15) is 0 Å². The van der Waals surface area contributed by atoms with Crippen molar-refractivity contribution in [3.05, 3.63) is 70.5 Å². The zero-order valence-electron chi connectivity index (χ0n) is 17.1. The highest BCUT2D eigenvalue weighted by molar-refractivity contribution is 8.00. The van der Waals surface area contributed by atoms with Crippen LogP contribution in [0.2, 0.25) is 0 Å². The van der Waals surface area contributed by atoms with Crippen LogP contribution >= 0.6 is 11.8 Å². The zero-order chi connectivity index (χ0) is 21.1. The van der Waals surface area contributed by atoms with Gasteiger partial charge in [-0.1, -0.05) is 54.2 Å². The van der Waals surface area contributed by atoms with Crippen LogP contribution < -0.4 is 10.9 Å². The van der Waals surface area contributed by atoms with E-state index in [1.165, 1.54) is 11.8 Å². The maximum absolute atomic E-state index is 13.3. The molecule has 0 unspecified atom stereocenters. The minimum atomic E-state index is -0.499. The molecule has 6 nitrogen and oxygen atoms in total. The topological polar surface area (TPSA) is 73.2 Å². The maximum atomic E-state index is 13.3. The molecule has 4 rings (SSSR count). The molecule has 0 aliphatic heterocycles. The van der Waals surface area contributed by atoms with Crippen LogP contribution in [0.3, 0.4) is 0 Å². The minimum absolute atomic E-state index is 0.0537. The molecule has 1 aliphatic rings. The van der Waals surface area contributed by atoms with E-state index < -0.39 is 5.25 Å². The number of carbonyl (C=O) groups is 1. The van der Waals surface area contributed by atoms with Crippen molar-refractivity contribution in [2.75, 3.05) is 13.7 Å². The number of rotatable bonds is 8. The highest BCUT2D eigenvalue weighted by Crippen LogP contribution is 2.36. The summed E-state index contributed by atoms with van der Waals surface area (Å²) in [5.41, 5.74) is 1.39. The van der Waals surface area contributed by atoms with E-state index in [2.05, 4.69) is 5.32 Å². The fourth-order valence-electron chi connectivity index (χ4n) is 3.42. The second-order valence-electron chi connectivity index (χ2n) is 7.58. The summed E-state index contributed by atoms with van der Waals surface area (Å²) in [6.45, 7) is 2.30. The number of amides is 1. The number of nitrogens with one attached hydrogen (secondary N) is 1. The number of carbonyl (C=O) groups excluding carboxylic acids is 1. The van der Waals surface area contributed by atoms with Gasteiger partial charge in [0.1, 0.15) is 5.25 Å².